The molecule has 0 bridgehead atoms. The Bertz CT molecular complexity index is 1040. The van der Waals surface area contributed by atoms with Gasteiger partial charge in [-0.3, -0.25) is 4.79 Å². The second-order valence-electron chi connectivity index (χ2n) is 11.0. The highest BCUT2D eigenvalue weighted by Crippen LogP contribution is 2.35. The minimum Gasteiger partial charge on any atom is -0.496 e. The van der Waals surface area contributed by atoms with Gasteiger partial charge < -0.3 is 29.2 Å². The van der Waals surface area contributed by atoms with E-state index >= 15 is 0 Å². The summed E-state index contributed by atoms with van der Waals surface area (Å²) in [5.74, 6) is 1.08. The second kappa shape index (κ2) is 12.8. The Morgan fingerprint density at radius 1 is 1.08 bits per heavy atom. The van der Waals surface area contributed by atoms with Gasteiger partial charge in [-0.05, 0) is 38.7 Å². The van der Waals surface area contributed by atoms with Crippen LogP contribution in [0.3, 0.4) is 0 Å². The molecule has 1 atom stereocenters. The number of amides is 2. The first kappa shape index (κ1) is 30.0. The molecule has 8 nitrogen and oxygen atoms in total. The number of benzene rings is 1. The summed E-state index contributed by atoms with van der Waals surface area (Å²) < 4.78 is 22.3. The maximum Gasteiger partial charge on any atom is 0.408 e. The van der Waals surface area contributed by atoms with Crippen LogP contribution in [0.4, 0.5) is 4.79 Å². The largest absolute Gasteiger partial charge is 0.496 e. The maximum atomic E-state index is 13.6. The minimum absolute atomic E-state index is 0.0433. The van der Waals surface area contributed by atoms with Gasteiger partial charge in [0, 0.05) is 37.4 Å². The number of carbonyl (C=O) groups excluding carboxylic acids is 2. The van der Waals surface area contributed by atoms with Crippen LogP contribution >= 0.6 is 0 Å². The van der Waals surface area contributed by atoms with Gasteiger partial charge >= 0.3 is 6.09 Å². The Labute approximate surface area is 221 Å². The number of alkyl carbamates (subject to hydrolysis) is 1. The first-order chi connectivity index (χ1) is 17.3. The van der Waals surface area contributed by atoms with Gasteiger partial charge in [0.1, 0.15) is 23.2 Å². The van der Waals surface area contributed by atoms with Crippen LogP contribution in [0.5, 0.6) is 5.75 Å². The normalized spacial score (nSPS) is 14.9. The Kier molecular flexibility index (Phi) is 10.4. The molecule has 0 saturated heterocycles. The van der Waals surface area contributed by atoms with Crippen molar-refractivity contribution in [2.75, 3.05) is 34.6 Å². The van der Waals surface area contributed by atoms with Gasteiger partial charge in [0.25, 0.3) is 0 Å². The summed E-state index contributed by atoms with van der Waals surface area (Å²) in [6, 6.07) is 6.92. The Hall–Kier alpha value is -3.26. The number of allylic oxidation sites excluding steroid dienone is 3. The van der Waals surface area contributed by atoms with Crippen LogP contribution in [0.1, 0.15) is 53.5 Å². The molecule has 1 aromatic rings. The average molecular weight is 515 g/mol. The fraction of sp³-hybridized carbons (Fsp3) is 0.517. The standard InChI is InChI=1S/C29H42N2O6/c1-28(2,3)25(30-27(33)37-29(4,5)6)26(32)31(7)18-20-14-10-11-16-22(24(20)36-19-34-8)21-15-12-13-17-23(21)35-9/h10,12-17,25H,11,18-19H2,1-9H3,(H,30,33)/t25-/m1/s1. The lowest BCUT2D eigenvalue weighted by molar-refractivity contribution is -0.134. The lowest BCUT2D eigenvalue weighted by Crippen LogP contribution is -2.55. The first-order valence-corrected chi connectivity index (χ1v) is 12.4. The minimum atomic E-state index is -0.796. The molecule has 0 heterocycles. The van der Waals surface area contributed by atoms with Crippen molar-refractivity contribution >= 4 is 17.6 Å². The number of para-hydroxylation sites is 1. The first-order valence-electron chi connectivity index (χ1n) is 12.4. The molecule has 1 aromatic carbocycles. The molecule has 1 aliphatic carbocycles. The van der Waals surface area contributed by atoms with Gasteiger partial charge in [-0.15, -0.1) is 0 Å². The van der Waals surface area contributed by atoms with E-state index in [1.165, 1.54) is 0 Å². The van der Waals surface area contributed by atoms with Crippen molar-refractivity contribution in [3.63, 3.8) is 0 Å². The van der Waals surface area contributed by atoms with Crippen molar-refractivity contribution in [1.82, 2.24) is 10.2 Å². The number of likely N-dealkylation sites (N-methyl/N-ethyl adjacent to an activating group) is 1. The number of hydrogen-bond donors (Lipinski definition) is 1. The number of ether oxygens (including phenoxy) is 4. The lowest BCUT2D eigenvalue weighted by atomic mass is 9.86. The third-order valence-corrected chi connectivity index (χ3v) is 5.59. The monoisotopic (exact) mass is 514 g/mol. The number of rotatable bonds is 9. The zero-order valence-corrected chi connectivity index (χ0v) is 23.6. The second-order valence-corrected chi connectivity index (χ2v) is 11.0. The van der Waals surface area contributed by atoms with Gasteiger partial charge in [0.15, 0.2) is 6.79 Å². The summed E-state index contributed by atoms with van der Waals surface area (Å²) in [5, 5.41) is 2.77. The van der Waals surface area contributed by atoms with E-state index < -0.39 is 23.2 Å². The van der Waals surface area contributed by atoms with Crippen molar-refractivity contribution in [3.05, 3.63) is 59.4 Å². The average Bonchev–Trinajstić information content (AvgIpc) is 3.00. The van der Waals surface area contributed by atoms with E-state index in [2.05, 4.69) is 11.4 Å². The quantitative estimate of drug-likeness (QED) is 0.450. The SMILES string of the molecule is COCOC1=C(CN(C)C(=O)[C@@H](NC(=O)OC(C)(C)C)C(C)(C)C)C=CCC=C1c1ccccc1OC. The Morgan fingerprint density at radius 3 is 2.35 bits per heavy atom. The van der Waals surface area contributed by atoms with E-state index in [4.69, 9.17) is 18.9 Å². The Morgan fingerprint density at radius 2 is 1.76 bits per heavy atom. The molecule has 0 saturated carbocycles. The topological polar surface area (TPSA) is 86.3 Å². The van der Waals surface area contributed by atoms with Crippen LogP contribution in [-0.2, 0) is 19.0 Å². The summed E-state index contributed by atoms with van der Waals surface area (Å²) in [7, 11) is 4.90. The van der Waals surface area contributed by atoms with Gasteiger partial charge in [-0.25, -0.2) is 4.79 Å². The van der Waals surface area contributed by atoms with Crippen molar-refractivity contribution in [1.29, 1.82) is 0 Å². The molecule has 1 N–H and O–H groups in total. The van der Waals surface area contributed by atoms with Gasteiger partial charge in [0.2, 0.25) is 5.91 Å². The summed E-state index contributed by atoms with van der Waals surface area (Å²) in [6.45, 7) is 11.4. The van der Waals surface area contributed by atoms with E-state index in [-0.39, 0.29) is 19.2 Å². The zero-order valence-electron chi connectivity index (χ0n) is 23.6. The van der Waals surface area contributed by atoms with E-state index in [1.54, 1.807) is 46.9 Å². The zero-order chi connectivity index (χ0) is 27.8. The molecule has 8 heteroatoms. The molecule has 0 aliphatic heterocycles. The molecule has 0 fully saturated rings. The molecule has 0 aromatic heterocycles. The van der Waals surface area contributed by atoms with Crippen LogP contribution < -0.4 is 10.1 Å². The van der Waals surface area contributed by atoms with Crippen LogP contribution in [0.25, 0.3) is 5.57 Å². The molecule has 2 amide bonds. The van der Waals surface area contributed by atoms with Crippen molar-refractivity contribution in [2.24, 2.45) is 5.41 Å². The third kappa shape index (κ3) is 8.67. The third-order valence-electron chi connectivity index (χ3n) is 5.59. The van der Waals surface area contributed by atoms with E-state index in [0.717, 1.165) is 16.7 Å². The van der Waals surface area contributed by atoms with E-state index in [0.29, 0.717) is 17.9 Å². The van der Waals surface area contributed by atoms with Crippen LogP contribution in [0.2, 0.25) is 0 Å². The molecule has 204 valence electrons. The van der Waals surface area contributed by atoms with Gasteiger partial charge in [-0.2, -0.15) is 0 Å². The molecule has 0 spiro atoms. The van der Waals surface area contributed by atoms with Crippen molar-refractivity contribution < 1.29 is 28.5 Å². The molecule has 37 heavy (non-hydrogen) atoms. The summed E-state index contributed by atoms with van der Waals surface area (Å²) >= 11 is 0. The maximum absolute atomic E-state index is 13.6. The highest BCUT2D eigenvalue weighted by molar-refractivity contribution is 5.87. The summed E-state index contributed by atoms with van der Waals surface area (Å²) in [6.07, 6.45) is 6.09. The predicted molar refractivity (Wildman–Crippen MR) is 145 cm³/mol. The number of nitrogens with one attached hydrogen (secondary N) is 1. The summed E-state index contributed by atoms with van der Waals surface area (Å²) in [5.41, 5.74) is 1.31. The van der Waals surface area contributed by atoms with Crippen LogP contribution in [-0.4, -0.2) is 63.1 Å². The number of nitrogens with zero attached hydrogens (tertiary/aromatic N) is 1. The number of hydrogen-bond acceptors (Lipinski definition) is 6. The summed E-state index contributed by atoms with van der Waals surface area (Å²) in [4.78, 5) is 27.8. The molecular formula is C29H42N2O6. The van der Waals surface area contributed by atoms with Gasteiger partial charge in [0.05, 0.1) is 7.11 Å². The number of carbonyl (C=O) groups is 2. The fourth-order valence-corrected chi connectivity index (χ4v) is 3.88. The molecular weight excluding hydrogens is 472 g/mol. The highest BCUT2D eigenvalue weighted by atomic mass is 16.7. The van der Waals surface area contributed by atoms with Crippen molar-refractivity contribution in [2.45, 2.75) is 59.6 Å². The lowest BCUT2D eigenvalue weighted by Gasteiger charge is -2.34. The fourth-order valence-electron chi connectivity index (χ4n) is 3.88. The van der Waals surface area contributed by atoms with Crippen LogP contribution in [0, 0.1) is 5.41 Å². The smallest absolute Gasteiger partial charge is 0.408 e. The van der Waals surface area contributed by atoms with E-state index in [9.17, 15) is 9.59 Å². The predicted octanol–water partition coefficient (Wildman–Crippen LogP) is 5.31. The Balaban J connectivity index is 2.42. The molecule has 1 aliphatic rings. The molecule has 2 rings (SSSR count). The van der Waals surface area contributed by atoms with Crippen LogP contribution in [0.15, 0.2) is 53.8 Å². The number of methoxy groups -OCH3 is 2. The van der Waals surface area contributed by atoms with Crippen molar-refractivity contribution in [3.8, 4) is 5.75 Å². The molecule has 0 radical (unpaired) electrons. The highest BCUT2D eigenvalue weighted by Gasteiger charge is 2.36. The molecule has 0 unspecified atom stereocenters. The van der Waals surface area contributed by atoms with E-state index in [1.807, 2.05) is 57.2 Å². The van der Waals surface area contributed by atoms with Gasteiger partial charge in [-0.1, -0.05) is 57.2 Å².